The fourth-order valence-corrected chi connectivity index (χ4v) is 10.4. The van der Waals surface area contributed by atoms with Crippen molar-refractivity contribution < 1.29 is 57.5 Å². The van der Waals surface area contributed by atoms with Gasteiger partial charge in [0.1, 0.15) is 18.1 Å². The number of alkyl halides is 6. The summed E-state index contributed by atoms with van der Waals surface area (Å²) in [6, 6.07) is 18.8. The quantitative estimate of drug-likeness (QED) is 0.0620. The second-order valence-corrected chi connectivity index (χ2v) is 21.2. The number of aromatic nitrogens is 6. The fraction of sp³-hybridized carbons (Fsp3) is 0.0870. The molecule has 0 radical (unpaired) electrons. The van der Waals surface area contributed by atoms with E-state index in [1.54, 1.807) is 36.7 Å². The van der Waals surface area contributed by atoms with Crippen LogP contribution >= 0.6 is 69.6 Å². The Hall–Kier alpha value is -6.28. The summed E-state index contributed by atoms with van der Waals surface area (Å²) >= 11 is 35.8. The summed E-state index contributed by atoms with van der Waals surface area (Å²) in [5.41, 5.74) is -3.28. The number of rotatable bonds is 14. The number of nitrogens with one attached hydrogen (secondary N) is 1. The van der Waals surface area contributed by atoms with Crippen molar-refractivity contribution in [1.29, 1.82) is 0 Å². The predicted octanol–water partition coefficient (Wildman–Crippen LogP) is 12.6. The van der Waals surface area contributed by atoms with E-state index in [9.17, 15) is 52.8 Å². The summed E-state index contributed by atoms with van der Waals surface area (Å²) in [6.45, 7) is -0.699. The molecule has 0 bridgehead atoms. The Morgan fingerprint density at radius 3 is 1.55 bits per heavy atom. The van der Waals surface area contributed by atoms with Gasteiger partial charge >= 0.3 is 12.4 Å². The Morgan fingerprint density at radius 2 is 1.07 bits per heavy atom. The van der Waals surface area contributed by atoms with E-state index in [1.165, 1.54) is 46.0 Å². The lowest BCUT2D eigenvalue weighted by Gasteiger charge is -2.25. The van der Waals surface area contributed by atoms with Gasteiger partial charge in [0.25, 0.3) is 20.0 Å². The molecule has 4 aromatic carbocycles. The van der Waals surface area contributed by atoms with Gasteiger partial charge < -0.3 is 4.74 Å². The number of nitrogens with zero attached hydrogens (tertiary/aromatic N) is 7. The van der Waals surface area contributed by atoms with Gasteiger partial charge in [-0.25, -0.2) is 40.5 Å². The first-order chi connectivity index (χ1) is 35.2. The van der Waals surface area contributed by atoms with E-state index < -0.39 is 87.4 Å². The summed E-state index contributed by atoms with van der Waals surface area (Å²) in [5, 5.41) is 6.82. The minimum Gasteiger partial charge on any atom is -0.363 e. The van der Waals surface area contributed by atoms with E-state index in [0.29, 0.717) is 27.8 Å². The van der Waals surface area contributed by atoms with Crippen molar-refractivity contribution in [3.8, 4) is 11.4 Å². The molecular formula is C46H28Cl6F6N8O7S2. The molecule has 4 aromatic heterocycles. The van der Waals surface area contributed by atoms with Crippen molar-refractivity contribution >= 4 is 113 Å². The average Bonchev–Trinajstić information content (AvgIpc) is 4.10. The van der Waals surface area contributed by atoms with Crippen molar-refractivity contribution in [3.63, 3.8) is 0 Å². The molecule has 1 N–H and O–H groups in total. The van der Waals surface area contributed by atoms with Gasteiger partial charge in [0.2, 0.25) is 11.6 Å². The number of halogens is 12. The van der Waals surface area contributed by atoms with E-state index in [1.807, 2.05) is 0 Å². The van der Waals surface area contributed by atoms with Crippen LogP contribution in [0.1, 0.15) is 43.2 Å². The Bertz CT molecular complexity index is 3710. The van der Waals surface area contributed by atoms with E-state index in [2.05, 4.69) is 24.9 Å². The van der Waals surface area contributed by atoms with Crippen molar-refractivity contribution in [2.45, 2.75) is 22.1 Å². The van der Waals surface area contributed by atoms with Crippen molar-refractivity contribution in [3.05, 3.63) is 198 Å². The average molecular weight is 1200 g/mol. The third-order valence-electron chi connectivity index (χ3n) is 10.2. The highest BCUT2D eigenvalue weighted by molar-refractivity contribution is 7.93. The first kappa shape index (κ1) is 56.4. The molecule has 390 valence electrons. The smallest absolute Gasteiger partial charge is 0.363 e. The molecular weight excluding hydrogens is 1170 g/mol. The number of benzene rings is 4. The van der Waals surface area contributed by atoms with E-state index in [4.69, 9.17) is 74.3 Å². The number of hydrogen-bond acceptors (Lipinski definition) is 11. The number of hydrogen-bond donors (Lipinski definition) is 1. The summed E-state index contributed by atoms with van der Waals surface area (Å²) in [4.78, 5) is 33.5. The molecule has 75 heavy (non-hydrogen) atoms. The summed E-state index contributed by atoms with van der Waals surface area (Å²) in [6.07, 6.45) is -1.25. The second-order valence-electron chi connectivity index (χ2n) is 15.1. The number of anilines is 2. The SMILES string of the molecule is COCN(c1cc(Cl)cnc1C(=O)c1cc(-n2cccn2)ccc1Cl)S(=O)(=O)c1ccc(Cl)c(C(F)(F)F)c1.O=C(c1cc(-n2cccn2)ccc1Cl)c1ncc(Cl)cc1NS(=O)(=O)c1ccc(Cl)c(C(F)(F)F)c1. The molecule has 0 aliphatic rings. The lowest BCUT2D eigenvalue weighted by Crippen LogP contribution is -2.34. The molecule has 0 saturated heterocycles. The number of ketones is 2. The van der Waals surface area contributed by atoms with Gasteiger partial charge in [0.15, 0.2) is 0 Å². The van der Waals surface area contributed by atoms with Crippen LogP contribution in [0.15, 0.2) is 144 Å². The highest BCUT2D eigenvalue weighted by Gasteiger charge is 2.38. The second kappa shape index (κ2) is 22.5. The number of carbonyl (C=O) groups is 2. The summed E-state index contributed by atoms with van der Waals surface area (Å²) in [7, 11) is -8.24. The number of sulfonamides is 2. The van der Waals surface area contributed by atoms with Gasteiger partial charge in [-0.2, -0.15) is 36.5 Å². The monoisotopic (exact) mass is 1190 g/mol. The Kier molecular flexibility index (Phi) is 16.9. The fourth-order valence-electron chi connectivity index (χ4n) is 6.74. The van der Waals surface area contributed by atoms with Gasteiger partial charge in [-0.15, -0.1) is 0 Å². The maximum absolute atomic E-state index is 13.7. The molecule has 29 heteroatoms. The first-order valence-electron chi connectivity index (χ1n) is 20.5. The lowest BCUT2D eigenvalue weighted by atomic mass is 10.1. The molecule has 0 aliphatic heterocycles. The third kappa shape index (κ3) is 12.7. The van der Waals surface area contributed by atoms with Crippen LogP contribution in [0.3, 0.4) is 0 Å². The summed E-state index contributed by atoms with van der Waals surface area (Å²) < 4.78 is 144. The normalized spacial score (nSPS) is 12.0. The maximum Gasteiger partial charge on any atom is 0.417 e. The van der Waals surface area contributed by atoms with Gasteiger partial charge in [0.05, 0.1) is 73.8 Å². The highest BCUT2D eigenvalue weighted by atomic mass is 35.5. The van der Waals surface area contributed by atoms with Gasteiger partial charge in [-0.3, -0.25) is 14.3 Å². The predicted molar refractivity (Wildman–Crippen MR) is 268 cm³/mol. The molecule has 0 amide bonds. The van der Waals surface area contributed by atoms with Crippen molar-refractivity contribution in [1.82, 2.24) is 29.5 Å². The number of pyridine rings is 2. The molecule has 8 aromatic rings. The Labute approximate surface area is 451 Å². The van der Waals surface area contributed by atoms with Gasteiger partial charge in [-0.05, 0) is 97.1 Å². The zero-order valence-corrected chi connectivity index (χ0v) is 43.4. The van der Waals surface area contributed by atoms with Crippen LogP contribution < -0.4 is 9.03 Å². The standard InChI is InChI=1S/C24H16Cl3F3N4O4S.C22H12Cl3F3N4O3S/c1-38-13-34(39(36,37)16-4-6-20(27)18(11-16)24(28,29)30)21-9-14(25)12-31-22(21)23(35)17-10-15(3-5-19(17)26)33-8-2-7-32-33;23-12-8-19(31-36(34,35)14-3-5-18(25)16(10-14)22(26,27)28)20(29-11-12)21(33)15-9-13(2-4-17(15)24)32-7-1-6-30-32/h2-12H,13H2,1H3;1-11,31H. The van der Waals surface area contributed by atoms with Crippen LogP contribution in [-0.4, -0.2) is 71.8 Å². The van der Waals surface area contributed by atoms with Crippen molar-refractivity contribution in [2.24, 2.45) is 0 Å². The van der Waals surface area contributed by atoms with E-state index in [-0.39, 0.29) is 48.3 Å². The zero-order chi connectivity index (χ0) is 54.8. The molecule has 8 rings (SSSR count). The minimum absolute atomic E-state index is 0.0224. The molecule has 0 aliphatic carbocycles. The first-order valence-corrected chi connectivity index (χ1v) is 25.7. The molecule has 4 heterocycles. The van der Waals surface area contributed by atoms with Crippen LogP contribution in [0.2, 0.25) is 30.1 Å². The van der Waals surface area contributed by atoms with E-state index in [0.717, 1.165) is 55.9 Å². The lowest BCUT2D eigenvalue weighted by molar-refractivity contribution is -0.138. The minimum atomic E-state index is -4.93. The van der Waals surface area contributed by atoms with Crippen LogP contribution in [0, 0.1) is 0 Å². The topological polar surface area (TPSA) is 188 Å². The maximum atomic E-state index is 13.7. The van der Waals surface area contributed by atoms with Crippen molar-refractivity contribution in [2.75, 3.05) is 22.9 Å². The molecule has 0 unspecified atom stereocenters. The Balaban J connectivity index is 0.000000219. The zero-order valence-electron chi connectivity index (χ0n) is 37.2. The van der Waals surface area contributed by atoms with Crippen LogP contribution in [0.4, 0.5) is 37.7 Å². The number of ether oxygens (including phenoxy) is 1. The molecule has 0 saturated carbocycles. The van der Waals surface area contributed by atoms with Crippen LogP contribution in [-0.2, 0) is 37.1 Å². The number of methoxy groups -OCH3 is 1. The molecule has 0 spiro atoms. The summed E-state index contributed by atoms with van der Waals surface area (Å²) in [5.74, 6) is -1.56. The van der Waals surface area contributed by atoms with Gasteiger partial charge in [0, 0.05) is 55.4 Å². The Morgan fingerprint density at radius 1 is 0.613 bits per heavy atom. The van der Waals surface area contributed by atoms with Crippen LogP contribution in [0.25, 0.3) is 11.4 Å². The molecule has 0 fully saturated rings. The van der Waals surface area contributed by atoms with Crippen LogP contribution in [0.5, 0.6) is 0 Å². The van der Waals surface area contributed by atoms with Gasteiger partial charge in [-0.1, -0.05) is 69.6 Å². The number of carbonyl (C=O) groups excluding carboxylic acids is 2. The highest BCUT2D eigenvalue weighted by Crippen LogP contribution is 2.39. The third-order valence-corrected chi connectivity index (χ3v) is 15.0. The van der Waals surface area contributed by atoms with E-state index >= 15 is 0 Å². The molecule has 15 nitrogen and oxygen atoms in total. The molecule has 0 atom stereocenters. The largest absolute Gasteiger partial charge is 0.417 e.